The Bertz CT molecular complexity index is 580. The summed E-state index contributed by atoms with van der Waals surface area (Å²) in [6.45, 7) is 8.81. The van der Waals surface area contributed by atoms with Crippen LogP contribution in [0.25, 0.3) is 0 Å². The number of anilines is 1. The van der Waals surface area contributed by atoms with Crippen LogP contribution in [0.3, 0.4) is 0 Å². The fraction of sp³-hybridized carbons (Fsp3) is 0.579. The minimum absolute atomic E-state index is 0.191. The van der Waals surface area contributed by atoms with E-state index in [1.54, 1.807) is 18.2 Å². The predicted molar refractivity (Wildman–Crippen MR) is 95.1 cm³/mol. The van der Waals surface area contributed by atoms with E-state index in [9.17, 15) is 10.1 Å². The molecule has 1 aromatic carbocycles. The summed E-state index contributed by atoms with van der Waals surface area (Å²) in [4.78, 5) is 12.6. The van der Waals surface area contributed by atoms with E-state index in [1.807, 2.05) is 20.8 Å². The molecular formula is C19H28N2O3. The van der Waals surface area contributed by atoms with Crippen LogP contribution >= 0.6 is 0 Å². The number of carbonyl (C=O) groups is 1. The number of ether oxygens (including phenoxy) is 2. The Morgan fingerprint density at radius 1 is 1.29 bits per heavy atom. The second-order valence-corrected chi connectivity index (χ2v) is 5.89. The number of rotatable bonds is 10. The number of amides is 1. The van der Waals surface area contributed by atoms with E-state index < -0.39 is 5.60 Å². The van der Waals surface area contributed by atoms with Crippen LogP contribution in [0.15, 0.2) is 18.2 Å². The van der Waals surface area contributed by atoms with Crippen molar-refractivity contribution in [2.45, 2.75) is 59.0 Å². The Morgan fingerprint density at radius 2 is 2.04 bits per heavy atom. The van der Waals surface area contributed by atoms with Gasteiger partial charge in [-0.2, -0.15) is 5.26 Å². The Morgan fingerprint density at radius 3 is 2.62 bits per heavy atom. The van der Waals surface area contributed by atoms with E-state index in [0.29, 0.717) is 36.6 Å². The van der Waals surface area contributed by atoms with Crippen molar-refractivity contribution < 1.29 is 14.3 Å². The molecule has 0 bridgehead atoms. The molecule has 0 aliphatic carbocycles. The number of hydrogen-bond donors (Lipinski definition) is 1. The molecule has 1 rings (SSSR count). The SMILES string of the molecule is CCCC[C@@](C)(OCC)C(=O)Nc1ccc(OCCC)c(C#N)c1. The first kappa shape index (κ1) is 20.0. The zero-order chi connectivity index (χ0) is 18.0. The van der Waals surface area contributed by atoms with Gasteiger partial charge in [0.15, 0.2) is 0 Å². The van der Waals surface area contributed by atoms with Gasteiger partial charge in [0, 0.05) is 12.3 Å². The monoisotopic (exact) mass is 332 g/mol. The number of carbonyl (C=O) groups excluding carboxylic acids is 1. The quantitative estimate of drug-likeness (QED) is 0.694. The fourth-order valence-electron chi connectivity index (χ4n) is 2.38. The lowest BCUT2D eigenvalue weighted by molar-refractivity contribution is -0.139. The van der Waals surface area contributed by atoms with Crippen molar-refractivity contribution in [2.24, 2.45) is 0 Å². The summed E-state index contributed by atoms with van der Waals surface area (Å²) < 4.78 is 11.2. The van der Waals surface area contributed by atoms with Gasteiger partial charge in [-0.05, 0) is 44.9 Å². The van der Waals surface area contributed by atoms with Crippen LogP contribution < -0.4 is 10.1 Å². The molecule has 5 nitrogen and oxygen atoms in total. The molecule has 0 aliphatic heterocycles. The molecular weight excluding hydrogens is 304 g/mol. The molecule has 24 heavy (non-hydrogen) atoms. The maximum atomic E-state index is 12.6. The van der Waals surface area contributed by atoms with Crippen molar-refractivity contribution in [1.82, 2.24) is 0 Å². The van der Waals surface area contributed by atoms with Gasteiger partial charge in [0.05, 0.1) is 12.2 Å². The third kappa shape index (κ3) is 5.54. The lowest BCUT2D eigenvalue weighted by Gasteiger charge is -2.28. The first-order chi connectivity index (χ1) is 11.5. The Hall–Kier alpha value is -2.06. The number of nitriles is 1. The molecule has 0 spiro atoms. The van der Waals surface area contributed by atoms with E-state index in [1.165, 1.54) is 0 Å². The van der Waals surface area contributed by atoms with Gasteiger partial charge in [0.25, 0.3) is 5.91 Å². The minimum atomic E-state index is -0.866. The van der Waals surface area contributed by atoms with Crippen LogP contribution in [0.5, 0.6) is 5.75 Å². The molecule has 1 atom stereocenters. The lowest BCUT2D eigenvalue weighted by atomic mass is 9.97. The number of unbranched alkanes of at least 4 members (excludes halogenated alkanes) is 1. The molecule has 0 radical (unpaired) electrons. The van der Waals surface area contributed by atoms with E-state index in [4.69, 9.17) is 9.47 Å². The van der Waals surface area contributed by atoms with Crippen molar-refractivity contribution in [3.63, 3.8) is 0 Å². The highest BCUT2D eigenvalue weighted by Gasteiger charge is 2.33. The van der Waals surface area contributed by atoms with Gasteiger partial charge < -0.3 is 14.8 Å². The minimum Gasteiger partial charge on any atom is -0.492 e. The topological polar surface area (TPSA) is 71.3 Å². The molecule has 0 aromatic heterocycles. The number of hydrogen-bond acceptors (Lipinski definition) is 4. The zero-order valence-electron chi connectivity index (χ0n) is 15.1. The van der Waals surface area contributed by atoms with Crippen LogP contribution in [-0.4, -0.2) is 24.7 Å². The summed E-state index contributed by atoms with van der Waals surface area (Å²) in [6, 6.07) is 7.20. The summed E-state index contributed by atoms with van der Waals surface area (Å²) >= 11 is 0. The van der Waals surface area contributed by atoms with Crippen molar-refractivity contribution in [1.29, 1.82) is 5.26 Å². The molecule has 0 saturated heterocycles. The maximum Gasteiger partial charge on any atom is 0.256 e. The molecule has 1 amide bonds. The summed E-state index contributed by atoms with van der Waals surface area (Å²) in [6.07, 6.45) is 3.44. The van der Waals surface area contributed by atoms with E-state index in [-0.39, 0.29) is 5.91 Å². The Labute approximate surface area is 145 Å². The van der Waals surface area contributed by atoms with Gasteiger partial charge in [0.2, 0.25) is 0 Å². The average Bonchev–Trinajstić information content (AvgIpc) is 2.58. The second kappa shape index (κ2) is 9.94. The molecule has 5 heteroatoms. The van der Waals surface area contributed by atoms with Crippen molar-refractivity contribution in [3.05, 3.63) is 23.8 Å². The molecule has 0 saturated carbocycles. The van der Waals surface area contributed by atoms with Crippen molar-refractivity contribution in [2.75, 3.05) is 18.5 Å². The van der Waals surface area contributed by atoms with E-state index in [0.717, 1.165) is 19.3 Å². The largest absolute Gasteiger partial charge is 0.492 e. The van der Waals surface area contributed by atoms with Gasteiger partial charge in [-0.3, -0.25) is 4.79 Å². The van der Waals surface area contributed by atoms with Gasteiger partial charge in [-0.1, -0.05) is 26.7 Å². The third-order valence-electron chi connectivity index (χ3n) is 3.77. The summed E-state index contributed by atoms with van der Waals surface area (Å²) in [5.41, 5.74) is 0.116. The van der Waals surface area contributed by atoms with Crippen LogP contribution in [-0.2, 0) is 9.53 Å². The van der Waals surface area contributed by atoms with Gasteiger partial charge >= 0.3 is 0 Å². The summed E-state index contributed by atoms with van der Waals surface area (Å²) in [5.74, 6) is 0.347. The maximum absolute atomic E-state index is 12.6. The Kier molecular flexibility index (Phi) is 8.28. The van der Waals surface area contributed by atoms with Crippen molar-refractivity contribution >= 4 is 11.6 Å². The molecule has 0 fully saturated rings. The van der Waals surface area contributed by atoms with Crippen LogP contribution in [0, 0.1) is 11.3 Å². The first-order valence-corrected chi connectivity index (χ1v) is 8.63. The molecule has 1 N–H and O–H groups in total. The highest BCUT2D eigenvalue weighted by Crippen LogP contribution is 2.25. The molecule has 0 aliphatic rings. The normalized spacial score (nSPS) is 13.0. The molecule has 1 aromatic rings. The molecule has 0 unspecified atom stereocenters. The van der Waals surface area contributed by atoms with Crippen LogP contribution in [0.2, 0.25) is 0 Å². The van der Waals surface area contributed by atoms with Gasteiger partial charge in [-0.25, -0.2) is 0 Å². The summed E-state index contributed by atoms with van der Waals surface area (Å²) in [7, 11) is 0. The standard InChI is InChI=1S/C19H28N2O3/c1-5-8-11-19(4,24-7-3)18(22)21-16-9-10-17(23-12-6-2)15(13-16)14-20/h9-10,13H,5-8,11-12H2,1-4H3,(H,21,22)/t19-/m1/s1. The summed E-state index contributed by atoms with van der Waals surface area (Å²) in [5, 5.41) is 12.1. The van der Waals surface area contributed by atoms with Gasteiger partial charge in [0.1, 0.15) is 17.4 Å². The number of nitrogens with one attached hydrogen (secondary N) is 1. The van der Waals surface area contributed by atoms with E-state index >= 15 is 0 Å². The average molecular weight is 332 g/mol. The highest BCUT2D eigenvalue weighted by atomic mass is 16.5. The van der Waals surface area contributed by atoms with E-state index in [2.05, 4.69) is 18.3 Å². The second-order valence-electron chi connectivity index (χ2n) is 5.89. The highest BCUT2D eigenvalue weighted by molar-refractivity contribution is 5.97. The molecule has 132 valence electrons. The predicted octanol–water partition coefficient (Wildman–Crippen LogP) is 4.27. The Balaban J connectivity index is 2.90. The fourth-order valence-corrected chi connectivity index (χ4v) is 2.38. The lowest BCUT2D eigenvalue weighted by Crippen LogP contribution is -2.42. The zero-order valence-corrected chi connectivity index (χ0v) is 15.1. The third-order valence-corrected chi connectivity index (χ3v) is 3.77. The molecule has 0 heterocycles. The smallest absolute Gasteiger partial charge is 0.256 e. The number of benzene rings is 1. The first-order valence-electron chi connectivity index (χ1n) is 8.63. The number of nitrogens with zero attached hydrogens (tertiary/aromatic N) is 1. The van der Waals surface area contributed by atoms with Crippen LogP contribution in [0.1, 0.15) is 58.9 Å². The van der Waals surface area contributed by atoms with Crippen molar-refractivity contribution in [3.8, 4) is 11.8 Å². The van der Waals surface area contributed by atoms with Crippen LogP contribution in [0.4, 0.5) is 5.69 Å². The van der Waals surface area contributed by atoms with Gasteiger partial charge in [-0.15, -0.1) is 0 Å².